The summed E-state index contributed by atoms with van der Waals surface area (Å²) in [6, 6.07) is 3.04. The van der Waals surface area contributed by atoms with E-state index >= 15 is 0 Å². The van der Waals surface area contributed by atoms with Crippen molar-refractivity contribution in [2.24, 2.45) is 22.7 Å². The molecule has 33 heavy (non-hydrogen) atoms. The number of aliphatic hydroxyl groups excluding tert-OH is 2. The van der Waals surface area contributed by atoms with Gasteiger partial charge in [0, 0.05) is 25.4 Å². The number of ketones is 2. The molecule has 11 heteroatoms. The van der Waals surface area contributed by atoms with E-state index in [4.69, 9.17) is 10.6 Å². The predicted octanol–water partition coefficient (Wildman–Crippen LogP) is 0.102. The summed E-state index contributed by atoms with van der Waals surface area (Å²) in [4.78, 5) is 45.0. The van der Waals surface area contributed by atoms with E-state index in [-0.39, 0.29) is 35.4 Å². The summed E-state index contributed by atoms with van der Waals surface area (Å²) in [5.41, 5.74) is 2.09. The van der Waals surface area contributed by atoms with Crippen molar-refractivity contribution in [1.29, 1.82) is 0 Å². The van der Waals surface area contributed by atoms with Gasteiger partial charge in [-0.25, -0.2) is 0 Å². The van der Waals surface area contributed by atoms with Gasteiger partial charge in [-0.2, -0.15) is 0 Å². The van der Waals surface area contributed by atoms with Crippen LogP contribution in [-0.2, 0) is 25.6 Å². The number of aromatic hydroxyl groups is 1. The monoisotopic (exact) mass is 457 g/mol. The number of hydrogen-bond acceptors (Lipinski definition) is 10. The van der Waals surface area contributed by atoms with Gasteiger partial charge in [0.15, 0.2) is 11.4 Å². The molecule has 0 saturated heterocycles. The molecule has 4 rings (SSSR count). The Bertz CT molecular complexity index is 1210. The second kappa shape index (κ2) is 7.34. The van der Waals surface area contributed by atoms with Crippen LogP contribution in [0.5, 0.6) is 5.75 Å². The minimum atomic E-state index is -2.85. The quantitative estimate of drug-likeness (QED) is 0.239. The minimum Gasteiger partial charge on any atom is -0.507 e. The van der Waals surface area contributed by atoms with Gasteiger partial charge in [-0.3, -0.25) is 14.4 Å². The maximum absolute atomic E-state index is 13.6. The van der Waals surface area contributed by atoms with Crippen molar-refractivity contribution in [2.75, 3.05) is 26.1 Å². The first kappa shape index (κ1) is 22.3. The third kappa shape index (κ3) is 2.85. The van der Waals surface area contributed by atoms with E-state index in [0.29, 0.717) is 11.3 Å². The first-order valence-corrected chi connectivity index (χ1v) is 10.1. The summed E-state index contributed by atoms with van der Waals surface area (Å²) in [7, 11) is 4.72. The fourth-order valence-electron chi connectivity index (χ4n) is 5.10. The standard InChI is InChI=1S/C22H23N3O8/c1-25(2)11-4-5-12(26)14-9(11)6-8-7-10-16(24-33-3)18(28)15(21(23)31)20(30)22(10,32)19(29)13(8)17(14)27/h4-5,8,10,26-28,32H,6-7H2,1-3H3,(H2,23,31)/b24-16-/t8-,10-,22-/m0/s1. The van der Waals surface area contributed by atoms with Crippen LogP contribution in [0, 0.1) is 11.8 Å². The van der Waals surface area contributed by atoms with Crippen LogP contribution in [0.1, 0.15) is 17.5 Å². The molecule has 6 N–H and O–H groups in total. The molecule has 3 atom stereocenters. The summed E-state index contributed by atoms with van der Waals surface area (Å²) in [6.45, 7) is 0. The van der Waals surface area contributed by atoms with Crippen molar-refractivity contribution in [3.05, 3.63) is 40.2 Å². The lowest BCUT2D eigenvalue weighted by atomic mass is 9.58. The van der Waals surface area contributed by atoms with Crippen molar-refractivity contribution >= 4 is 34.6 Å². The SMILES string of the molecule is CO/N=C1\C(O)=C(C(N)=O)C(=O)[C@@]2(O)C(=O)C3=C(O)c4c(O)ccc(N(C)C)c4C[C@H]3C[C@@H]12. The molecule has 0 aromatic heterocycles. The number of aliphatic hydroxyl groups is 3. The Kier molecular flexibility index (Phi) is 4.97. The third-order valence-corrected chi connectivity index (χ3v) is 6.53. The van der Waals surface area contributed by atoms with Gasteiger partial charge in [-0.15, -0.1) is 0 Å². The molecule has 174 valence electrons. The molecule has 1 aromatic rings. The topological polar surface area (TPSA) is 183 Å². The molecule has 0 spiro atoms. The van der Waals surface area contributed by atoms with Crippen LogP contribution < -0.4 is 10.6 Å². The average Bonchev–Trinajstić information content (AvgIpc) is 2.73. The largest absolute Gasteiger partial charge is 0.507 e. The number of hydrogen-bond donors (Lipinski definition) is 5. The number of anilines is 1. The lowest BCUT2D eigenvalue weighted by Gasteiger charge is -2.45. The van der Waals surface area contributed by atoms with Crippen LogP contribution in [0.2, 0.25) is 0 Å². The molecule has 0 aliphatic heterocycles. The van der Waals surface area contributed by atoms with Gasteiger partial charge < -0.3 is 35.9 Å². The van der Waals surface area contributed by atoms with Crippen molar-refractivity contribution in [2.45, 2.75) is 18.4 Å². The number of oxime groups is 1. The molecule has 1 amide bonds. The first-order chi connectivity index (χ1) is 15.5. The zero-order valence-corrected chi connectivity index (χ0v) is 18.1. The van der Waals surface area contributed by atoms with Crippen LogP contribution >= 0.6 is 0 Å². The summed E-state index contributed by atoms with van der Waals surface area (Å²) >= 11 is 0. The van der Waals surface area contributed by atoms with Crippen molar-refractivity contribution in [3.63, 3.8) is 0 Å². The summed E-state index contributed by atoms with van der Waals surface area (Å²) in [5, 5.41) is 47.0. The Morgan fingerprint density at radius 2 is 1.85 bits per heavy atom. The lowest BCUT2D eigenvalue weighted by molar-refractivity contribution is -0.153. The zero-order chi connectivity index (χ0) is 24.4. The molecule has 0 heterocycles. The number of carbonyl (C=O) groups is 3. The van der Waals surface area contributed by atoms with Gasteiger partial charge in [0.05, 0.1) is 11.5 Å². The van der Waals surface area contributed by atoms with Gasteiger partial charge in [0.1, 0.15) is 29.9 Å². The smallest absolute Gasteiger partial charge is 0.256 e. The zero-order valence-electron chi connectivity index (χ0n) is 18.1. The van der Waals surface area contributed by atoms with Crippen LogP contribution in [0.4, 0.5) is 5.69 Å². The number of phenolic OH excluding ortho intramolecular Hbond substituents is 1. The van der Waals surface area contributed by atoms with Crippen LogP contribution in [-0.4, -0.2) is 70.4 Å². The number of primary amides is 1. The Labute approximate surface area is 188 Å². The number of Topliss-reactive ketones (excluding diaryl/α,β-unsaturated/α-hetero) is 2. The van der Waals surface area contributed by atoms with Crippen molar-refractivity contribution < 1.29 is 39.6 Å². The second-order valence-corrected chi connectivity index (χ2v) is 8.48. The number of nitrogens with two attached hydrogens (primary N) is 1. The summed E-state index contributed by atoms with van der Waals surface area (Å²) in [6.07, 6.45) is 0.101. The summed E-state index contributed by atoms with van der Waals surface area (Å²) < 4.78 is 0. The summed E-state index contributed by atoms with van der Waals surface area (Å²) in [5.74, 6) is -7.63. The van der Waals surface area contributed by atoms with Gasteiger partial charge >= 0.3 is 0 Å². The van der Waals surface area contributed by atoms with E-state index in [1.165, 1.54) is 6.07 Å². The molecular formula is C22H23N3O8. The number of phenols is 1. The third-order valence-electron chi connectivity index (χ3n) is 6.53. The molecule has 3 aliphatic carbocycles. The Morgan fingerprint density at radius 1 is 1.18 bits per heavy atom. The molecule has 1 saturated carbocycles. The normalized spacial score (nSPS) is 27.8. The fourth-order valence-corrected chi connectivity index (χ4v) is 5.10. The minimum absolute atomic E-state index is 0.0328. The number of nitrogens with zero attached hydrogens (tertiary/aromatic N) is 2. The molecule has 0 unspecified atom stereocenters. The number of fused-ring (bicyclic) bond motifs is 3. The van der Waals surface area contributed by atoms with E-state index in [1.807, 2.05) is 0 Å². The Hall–Kier alpha value is -3.86. The van der Waals surface area contributed by atoms with Gasteiger partial charge in [0.2, 0.25) is 11.6 Å². The van der Waals surface area contributed by atoms with Gasteiger partial charge in [-0.1, -0.05) is 5.16 Å². The molecule has 1 fully saturated rings. The van der Waals surface area contributed by atoms with E-state index in [2.05, 4.69) is 5.16 Å². The van der Waals surface area contributed by atoms with Crippen LogP contribution in [0.3, 0.4) is 0 Å². The van der Waals surface area contributed by atoms with Crippen molar-refractivity contribution in [1.82, 2.24) is 0 Å². The number of allylic oxidation sites excluding steroid dienone is 1. The first-order valence-electron chi connectivity index (χ1n) is 10.1. The fraction of sp³-hybridized carbons (Fsp3) is 0.364. The second-order valence-electron chi connectivity index (χ2n) is 8.48. The Morgan fingerprint density at radius 3 is 2.42 bits per heavy atom. The number of rotatable bonds is 3. The molecule has 0 radical (unpaired) electrons. The number of carbonyl (C=O) groups excluding carboxylic acids is 3. The van der Waals surface area contributed by atoms with Gasteiger partial charge in [0.25, 0.3) is 5.91 Å². The highest BCUT2D eigenvalue weighted by atomic mass is 16.6. The number of benzene rings is 1. The van der Waals surface area contributed by atoms with Crippen molar-refractivity contribution in [3.8, 4) is 5.75 Å². The van der Waals surface area contributed by atoms with Gasteiger partial charge in [-0.05, 0) is 36.5 Å². The maximum atomic E-state index is 13.6. The highest BCUT2D eigenvalue weighted by molar-refractivity contribution is 6.38. The molecule has 0 bridgehead atoms. The van der Waals surface area contributed by atoms with Crippen LogP contribution in [0.25, 0.3) is 5.76 Å². The van der Waals surface area contributed by atoms with E-state index in [0.717, 1.165) is 7.11 Å². The highest BCUT2D eigenvalue weighted by Gasteiger charge is 2.64. The molecule has 1 aromatic carbocycles. The van der Waals surface area contributed by atoms with E-state index in [9.17, 15) is 34.8 Å². The van der Waals surface area contributed by atoms with E-state index < -0.39 is 52.0 Å². The lowest BCUT2D eigenvalue weighted by Crippen LogP contribution is -2.64. The van der Waals surface area contributed by atoms with E-state index in [1.54, 1.807) is 25.1 Å². The number of amides is 1. The predicted molar refractivity (Wildman–Crippen MR) is 116 cm³/mol. The molecule has 11 nitrogen and oxygen atoms in total. The highest BCUT2D eigenvalue weighted by Crippen LogP contribution is 2.51. The molecular weight excluding hydrogens is 434 g/mol. The van der Waals surface area contributed by atoms with Crippen LogP contribution in [0.15, 0.2) is 34.2 Å². The average molecular weight is 457 g/mol. The molecule has 3 aliphatic rings. The Balaban J connectivity index is 1.98. The maximum Gasteiger partial charge on any atom is 0.256 e.